The maximum Gasteiger partial charge on any atom is 0.269 e. The van der Waals surface area contributed by atoms with E-state index in [9.17, 15) is 9.59 Å². The molecule has 5 nitrogen and oxygen atoms in total. The maximum atomic E-state index is 12.8. The van der Waals surface area contributed by atoms with E-state index in [-0.39, 0.29) is 12.5 Å². The van der Waals surface area contributed by atoms with Gasteiger partial charge >= 0.3 is 0 Å². The summed E-state index contributed by atoms with van der Waals surface area (Å²) in [5.74, 6) is -0.233. The summed E-state index contributed by atoms with van der Waals surface area (Å²) in [4.78, 5) is 24.7. The number of rotatable bonds is 4. The monoisotopic (exact) mass is 478 g/mol. The number of amides is 1. The first kappa shape index (κ1) is 18.7. The molecule has 7 heteroatoms. The predicted octanol–water partition coefficient (Wildman–Crippen LogP) is 4.60. The molecule has 0 saturated carbocycles. The van der Waals surface area contributed by atoms with E-state index in [0.717, 1.165) is 14.5 Å². The Morgan fingerprint density at radius 3 is 2.50 bits per heavy atom. The number of hydrogen-bond acceptors (Lipinski definition) is 3. The average Bonchev–Trinajstić information content (AvgIpc) is 2.85. The van der Waals surface area contributed by atoms with Crippen molar-refractivity contribution in [1.29, 1.82) is 0 Å². The van der Waals surface area contributed by atoms with Crippen LogP contribution >= 0.6 is 31.9 Å². The molecule has 1 heterocycles. The standard InChI is InChI=1S/C19H16Br2N2O3/c1-10-7-12(20)8-14(21)18(10)26-9-16(24)23-11(2)17(19(22)25)13-5-3-4-6-15(13)23/h3-8H,9H2,1-2H3,(H2,22,25). The first-order chi connectivity index (χ1) is 12.3. The van der Waals surface area contributed by atoms with Crippen molar-refractivity contribution in [2.45, 2.75) is 13.8 Å². The van der Waals surface area contributed by atoms with Crippen LogP contribution in [0.5, 0.6) is 5.75 Å². The fourth-order valence-electron chi connectivity index (χ4n) is 3.07. The molecule has 134 valence electrons. The van der Waals surface area contributed by atoms with Gasteiger partial charge in [-0.2, -0.15) is 0 Å². The smallest absolute Gasteiger partial charge is 0.269 e. The van der Waals surface area contributed by atoms with Gasteiger partial charge in [0, 0.05) is 15.6 Å². The summed E-state index contributed by atoms with van der Waals surface area (Å²) in [6, 6.07) is 10.9. The number of nitrogens with zero attached hydrogens (tertiary/aromatic N) is 1. The first-order valence-electron chi connectivity index (χ1n) is 7.82. The summed E-state index contributed by atoms with van der Waals surface area (Å²) in [6.07, 6.45) is 0. The van der Waals surface area contributed by atoms with Crippen LogP contribution in [0.1, 0.15) is 26.4 Å². The van der Waals surface area contributed by atoms with Gasteiger partial charge < -0.3 is 10.5 Å². The average molecular weight is 480 g/mol. The summed E-state index contributed by atoms with van der Waals surface area (Å²) < 4.78 is 8.91. The Labute approximate surface area is 167 Å². The molecule has 0 unspecified atom stereocenters. The molecule has 0 aliphatic rings. The van der Waals surface area contributed by atoms with Crippen LogP contribution in [0.4, 0.5) is 0 Å². The minimum absolute atomic E-state index is 0.168. The molecule has 26 heavy (non-hydrogen) atoms. The Morgan fingerprint density at radius 2 is 1.85 bits per heavy atom. The Morgan fingerprint density at radius 1 is 1.15 bits per heavy atom. The van der Waals surface area contributed by atoms with Crippen LogP contribution < -0.4 is 10.5 Å². The highest BCUT2D eigenvalue weighted by atomic mass is 79.9. The number of benzene rings is 2. The quantitative estimate of drug-likeness (QED) is 0.594. The first-order valence-corrected chi connectivity index (χ1v) is 9.41. The van der Waals surface area contributed by atoms with Gasteiger partial charge in [0.1, 0.15) is 5.75 Å². The Balaban J connectivity index is 1.97. The molecule has 0 bridgehead atoms. The molecule has 0 atom stereocenters. The molecule has 1 amide bonds. The SMILES string of the molecule is Cc1cc(Br)cc(Br)c1OCC(=O)n1c(C)c(C(N)=O)c2ccccc21. The largest absolute Gasteiger partial charge is 0.482 e. The number of carbonyl (C=O) groups excluding carboxylic acids is 2. The summed E-state index contributed by atoms with van der Waals surface area (Å²) >= 11 is 6.86. The molecular formula is C19H16Br2N2O3. The van der Waals surface area contributed by atoms with Crippen molar-refractivity contribution >= 4 is 54.6 Å². The number of aryl methyl sites for hydroxylation is 1. The van der Waals surface area contributed by atoms with Gasteiger partial charge in [0.2, 0.25) is 0 Å². The maximum absolute atomic E-state index is 12.8. The molecule has 2 aromatic carbocycles. The van der Waals surface area contributed by atoms with Crippen molar-refractivity contribution in [3.05, 3.63) is 62.2 Å². The van der Waals surface area contributed by atoms with Gasteiger partial charge in [0.25, 0.3) is 11.8 Å². The third kappa shape index (κ3) is 3.29. The third-order valence-electron chi connectivity index (χ3n) is 4.14. The minimum Gasteiger partial charge on any atom is -0.482 e. The van der Waals surface area contributed by atoms with Gasteiger partial charge in [-0.1, -0.05) is 34.1 Å². The van der Waals surface area contributed by atoms with Crippen molar-refractivity contribution in [3.63, 3.8) is 0 Å². The second-order valence-corrected chi connectivity index (χ2v) is 7.66. The molecule has 0 fully saturated rings. The predicted molar refractivity (Wildman–Crippen MR) is 108 cm³/mol. The number of primary amides is 1. The highest BCUT2D eigenvalue weighted by Crippen LogP contribution is 2.32. The minimum atomic E-state index is -0.558. The van der Waals surface area contributed by atoms with Crippen LogP contribution in [0.15, 0.2) is 45.3 Å². The number of nitrogens with two attached hydrogens (primary N) is 1. The molecule has 0 radical (unpaired) electrons. The zero-order valence-electron chi connectivity index (χ0n) is 14.2. The summed E-state index contributed by atoms with van der Waals surface area (Å²) in [7, 11) is 0. The number of hydrogen-bond donors (Lipinski definition) is 1. The van der Waals surface area contributed by atoms with E-state index in [2.05, 4.69) is 31.9 Å². The second-order valence-electron chi connectivity index (χ2n) is 5.89. The van der Waals surface area contributed by atoms with Gasteiger partial charge in [-0.05, 0) is 53.5 Å². The number of halogens is 2. The molecule has 0 aliphatic heterocycles. The summed E-state index contributed by atoms with van der Waals surface area (Å²) in [5.41, 5.74) is 7.91. The van der Waals surface area contributed by atoms with Gasteiger partial charge in [-0.15, -0.1) is 0 Å². The normalized spacial score (nSPS) is 10.9. The van der Waals surface area contributed by atoms with E-state index in [1.807, 2.05) is 31.2 Å². The highest BCUT2D eigenvalue weighted by molar-refractivity contribution is 9.11. The number of para-hydroxylation sites is 1. The van der Waals surface area contributed by atoms with E-state index in [1.165, 1.54) is 4.57 Å². The summed E-state index contributed by atoms with van der Waals surface area (Å²) in [6.45, 7) is 3.44. The number of fused-ring (bicyclic) bond motifs is 1. The molecule has 3 rings (SSSR count). The molecule has 0 spiro atoms. The molecular weight excluding hydrogens is 464 g/mol. The lowest BCUT2D eigenvalue weighted by Gasteiger charge is -2.13. The van der Waals surface area contributed by atoms with Crippen LogP contribution in [0.3, 0.4) is 0 Å². The van der Waals surface area contributed by atoms with Crippen molar-refractivity contribution < 1.29 is 14.3 Å². The molecule has 0 aliphatic carbocycles. The van der Waals surface area contributed by atoms with E-state index in [0.29, 0.717) is 27.9 Å². The molecule has 2 N–H and O–H groups in total. The van der Waals surface area contributed by atoms with E-state index in [1.54, 1.807) is 19.1 Å². The van der Waals surface area contributed by atoms with E-state index in [4.69, 9.17) is 10.5 Å². The molecule has 3 aromatic rings. The highest BCUT2D eigenvalue weighted by Gasteiger charge is 2.22. The van der Waals surface area contributed by atoms with Crippen LogP contribution in [0.2, 0.25) is 0 Å². The van der Waals surface area contributed by atoms with Crippen molar-refractivity contribution in [3.8, 4) is 5.75 Å². The fourth-order valence-corrected chi connectivity index (χ4v) is 4.62. The Hall–Kier alpha value is -2.12. The molecule has 1 aromatic heterocycles. The number of aromatic nitrogens is 1. The van der Waals surface area contributed by atoms with Crippen molar-refractivity contribution in [1.82, 2.24) is 4.57 Å². The van der Waals surface area contributed by atoms with Crippen LogP contribution in [0, 0.1) is 13.8 Å². The zero-order valence-corrected chi connectivity index (χ0v) is 17.3. The second kappa shape index (κ2) is 7.25. The molecule has 0 saturated heterocycles. The van der Waals surface area contributed by atoms with Crippen LogP contribution in [0.25, 0.3) is 10.9 Å². The number of ether oxygens (including phenoxy) is 1. The lowest BCUT2D eigenvalue weighted by Crippen LogP contribution is -2.21. The van der Waals surface area contributed by atoms with Gasteiger partial charge in [-0.25, -0.2) is 0 Å². The lowest BCUT2D eigenvalue weighted by molar-refractivity contribution is 0.0840. The van der Waals surface area contributed by atoms with E-state index < -0.39 is 5.91 Å². The van der Waals surface area contributed by atoms with Crippen LogP contribution in [-0.4, -0.2) is 23.0 Å². The third-order valence-corrected chi connectivity index (χ3v) is 5.19. The van der Waals surface area contributed by atoms with Crippen LogP contribution in [-0.2, 0) is 0 Å². The fraction of sp³-hybridized carbons (Fsp3) is 0.158. The topological polar surface area (TPSA) is 74.3 Å². The van der Waals surface area contributed by atoms with Gasteiger partial charge in [-0.3, -0.25) is 14.2 Å². The van der Waals surface area contributed by atoms with Crippen molar-refractivity contribution in [2.24, 2.45) is 5.73 Å². The van der Waals surface area contributed by atoms with Gasteiger partial charge in [0.05, 0.1) is 15.6 Å². The Bertz CT molecular complexity index is 1020. The van der Waals surface area contributed by atoms with E-state index >= 15 is 0 Å². The Kier molecular flexibility index (Phi) is 5.20. The van der Waals surface area contributed by atoms with Gasteiger partial charge in [0.15, 0.2) is 6.61 Å². The van der Waals surface area contributed by atoms with Crippen molar-refractivity contribution in [2.75, 3.05) is 6.61 Å². The number of carbonyl (C=O) groups is 2. The lowest BCUT2D eigenvalue weighted by atomic mass is 10.1. The zero-order chi connectivity index (χ0) is 19.0. The summed E-state index contributed by atoms with van der Waals surface area (Å²) in [5, 5.41) is 0.659.